The molecule has 1 saturated heterocycles. The van der Waals surface area contributed by atoms with Crippen LogP contribution in [0.15, 0.2) is 23.1 Å². The van der Waals surface area contributed by atoms with Crippen molar-refractivity contribution < 1.29 is 17.9 Å². The SMILES string of the molecule is COCCCNS(=O)(=O)c1ccc(C)c(C(=O)N2CCCCC2)c1. The van der Waals surface area contributed by atoms with Gasteiger partial charge in [-0.1, -0.05) is 6.07 Å². The number of sulfonamides is 1. The van der Waals surface area contributed by atoms with Crippen LogP contribution in [0, 0.1) is 6.92 Å². The highest BCUT2D eigenvalue weighted by atomic mass is 32.2. The first-order valence-electron chi connectivity index (χ1n) is 8.34. The standard InChI is InChI=1S/C17H26N2O4S/c1-14-7-8-15(24(21,22)18-9-6-12-23-2)13-16(14)17(20)19-10-4-3-5-11-19/h7-8,13,18H,3-6,9-12H2,1-2H3. The Kier molecular flexibility index (Phi) is 6.77. The van der Waals surface area contributed by atoms with Crippen molar-refractivity contribution in [2.75, 3.05) is 33.4 Å². The molecule has 7 heteroatoms. The number of aryl methyl sites for hydroxylation is 1. The predicted molar refractivity (Wildman–Crippen MR) is 92.6 cm³/mol. The molecule has 0 aromatic heterocycles. The number of likely N-dealkylation sites (tertiary alicyclic amines) is 1. The summed E-state index contributed by atoms with van der Waals surface area (Å²) < 4.78 is 32.2. The summed E-state index contributed by atoms with van der Waals surface area (Å²) >= 11 is 0. The van der Waals surface area contributed by atoms with E-state index in [0.717, 1.165) is 37.9 Å². The van der Waals surface area contributed by atoms with E-state index in [1.54, 1.807) is 19.2 Å². The molecule has 1 heterocycles. The van der Waals surface area contributed by atoms with Gasteiger partial charge in [0.15, 0.2) is 0 Å². The first-order chi connectivity index (χ1) is 11.5. The Labute approximate surface area is 144 Å². The van der Waals surface area contributed by atoms with Crippen LogP contribution in [0.3, 0.4) is 0 Å². The van der Waals surface area contributed by atoms with Gasteiger partial charge in [0.1, 0.15) is 0 Å². The topological polar surface area (TPSA) is 75.7 Å². The number of amides is 1. The van der Waals surface area contributed by atoms with Crippen LogP contribution < -0.4 is 4.72 Å². The molecule has 1 aliphatic rings. The summed E-state index contributed by atoms with van der Waals surface area (Å²) in [4.78, 5) is 14.6. The maximum atomic E-state index is 12.7. The second kappa shape index (κ2) is 8.60. The molecule has 6 nitrogen and oxygen atoms in total. The lowest BCUT2D eigenvalue weighted by atomic mass is 10.1. The molecule has 1 N–H and O–H groups in total. The van der Waals surface area contributed by atoms with Crippen LogP contribution in [-0.2, 0) is 14.8 Å². The quantitative estimate of drug-likeness (QED) is 0.759. The molecule has 24 heavy (non-hydrogen) atoms. The smallest absolute Gasteiger partial charge is 0.254 e. The van der Waals surface area contributed by atoms with Crippen LogP contribution in [0.1, 0.15) is 41.6 Å². The van der Waals surface area contributed by atoms with Crippen molar-refractivity contribution in [1.29, 1.82) is 0 Å². The van der Waals surface area contributed by atoms with Gasteiger partial charge in [-0.25, -0.2) is 13.1 Å². The van der Waals surface area contributed by atoms with Crippen LogP contribution in [-0.4, -0.2) is 52.6 Å². The highest BCUT2D eigenvalue weighted by molar-refractivity contribution is 7.89. The molecule has 134 valence electrons. The summed E-state index contributed by atoms with van der Waals surface area (Å²) in [6, 6.07) is 4.73. The number of ether oxygens (including phenoxy) is 1. The minimum Gasteiger partial charge on any atom is -0.385 e. The van der Waals surface area contributed by atoms with Gasteiger partial charge in [-0.05, 0) is 50.3 Å². The van der Waals surface area contributed by atoms with E-state index in [2.05, 4.69) is 4.72 Å². The van der Waals surface area contributed by atoms with Crippen LogP contribution in [0.5, 0.6) is 0 Å². The average molecular weight is 354 g/mol. The lowest BCUT2D eigenvalue weighted by molar-refractivity contribution is 0.0723. The second-order valence-electron chi connectivity index (χ2n) is 6.07. The van der Waals surface area contributed by atoms with Gasteiger partial charge in [-0.3, -0.25) is 4.79 Å². The van der Waals surface area contributed by atoms with Gasteiger partial charge in [-0.15, -0.1) is 0 Å². The van der Waals surface area contributed by atoms with Crippen LogP contribution in [0.4, 0.5) is 0 Å². The monoisotopic (exact) mass is 354 g/mol. The molecule has 1 amide bonds. The van der Waals surface area contributed by atoms with E-state index in [-0.39, 0.29) is 10.8 Å². The Bertz CT molecular complexity index is 667. The molecule has 1 aromatic carbocycles. The number of carbonyl (C=O) groups is 1. The van der Waals surface area contributed by atoms with Gasteiger partial charge in [0.05, 0.1) is 4.90 Å². The molecular weight excluding hydrogens is 328 g/mol. The zero-order chi connectivity index (χ0) is 17.6. The van der Waals surface area contributed by atoms with Crippen LogP contribution in [0.2, 0.25) is 0 Å². The van der Waals surface area contributed by atoms with E-state index in [1.165, 1.54) is 6.07 Å². The summed E-state index contributed by atoms with van der Waals surface area (Å²) in [7, 11) is -2.04. The Morgan fingerprint density at radius 2 is 1.96 bits per heavy atom. The summed E-state index contributed by atoms with van der Waals surface area (Å²) in [6.45, 7) is 4.11. The summed E-state index contributed by atoms with van der Waals surface area (Å²) in [5.74, 6) is -0.0800. The fourth-order valence-electron chi connectivity index (χ4n) is 2.77. The maximum absolute atomic E-state index is 12.7. The van der Waals surface area contributed by atoms with E-state index < -0.39 is 10.0 Å². The van der Waals surface area contributed by atoms with Crippen molar-refractivity contribution in [3.8, 4) is 0 Å². The van der Waals surface area contributed by atoms with Gasteiger partial charge >= 0.3 is 0 Å². The van der Waals surface area contributed by atoms with E-state index in [9.17, 15) is 13.2 Å². The number of hydrogen-bond donors (Lipinski definition) is 1. The molecule has 0 radical (unpaired) electrons. The van der Waals surface area contributed by atoms with Crippen molar-refractivity contribution >= 4 is 15.9 Å². The minimum atomic E-state index is -3.62. The lowest BCUT2D eigenvalue weighted by Crippen LogP contribution is -2.36. The maximum Gasteiger partial charge on any atom is 0.254 e. The van der Waals surface area contributed by atoms with Crippen molar-refractivity contribution in [1.82, 2.24) is 9.62 Å². The van der Waals surface area contributed by atoms with E-state index in [1.807, 2.05) is 11.8 Å². The van der Waals surface area contributed by atoms with Crippen molar-refractivity contribution in [2.45, 2.75) is 37.5 Å². The number of hydrogen-bond acceptors (Lipinski definition) is 4. The predicted octanol–water partition coefficient (Wildman–Crippen LogP) is 1.94. The summed E-state index contributed by atoms with van der Waals surface area (Å²) in [5, 5.41) is 0. The molecule has 1 fully saturated rings. The normalized spacial score (nSPS) is 15.5. The fourth-order valence-corrected chi connectivity index (χ4v) is 3.87. The minimum absolute atomic E-state index is 0.0800. The molecule has 0 aliphatic carbocycles. The highest BCUT2D eigenvalue weighted by Crippen LogP contribution is 2.19. The third kappa shape index (κ3) is 4.78. The number of benzene rings is 1. The number of carbonyl (C=O) groups excluding carboxylic acids is 1. The third-order valence-corrected chi connectivity index (χ3v) is 5.67. The first kappa shape index (κ1) is 18.9. The van der Waals surface area contributed by atoms with E-state index >= 15 is 0 Å². The molecule has 1 aliphatic heterocycles. The zero-order valence-corrected chi connectivity index (χ0v) is 15.2. The fraction of sp³-hybridized carbons (Fsp3) is 0.588. The Balaban J connectivity index is 2.16. The largest absolute Gasteiger partial charge is 0.385 e. The second-order valence-corrected chi connectivity index (χ2v) is 7.84. The molecule has 1 aromatic rings. The van der Waals surface area contributed by atoms with Crippen molar-refractivity contribution in [3.05, 3.63) is 29.3 Å². The zero-order valence-electron chi connectivity index (χ0n) is 14.4. The molecule has 0 spiro atoms. The van der Waals surface area contributed by atoms with E-state index in [4.69, 9.17) is 4.74 Å². The van der Waals surface area contributed by atoms with Crippen molar-refractivity contribution in [3.63, 3.8) is 0 Å². The third-order valence-electron chi connectivity index (χ3n) is 4.21. The van der Waals surface area contributed by atoms with Crippen molar-refractivity contribution in [2.24, 2.45) is 0 Å². The average Bonchev–Trinajstić information content (AvgIpc) is 2.59. The number of nitrogens with zero attached hydrogens (tertiary/aromatic N) is 1. The Morgan fingerprint density at radius 3 is 2.62 bits per heavy atom. The summed E-state index contributed by atoms with van der Waals surface area (Å²) in [6.07, 6.45) is 3.75. The Hall–Kier alpha value is -1.44. The molecular formula is C17H26N2O4S. The Morgan fingerprint density at radius 1 is 1.25 bits per heavy atom. The van der Waals surface area contributed by atoms with Gasteiger partial charge in [-0.2, -0.15) is 0 Å². The number of methoxy groups -OCH3 is 1. The molecule has 0 saturated carbocycles. The summed E-state index contributed by atoms with van der Waals surface area (Å²) in [5.41, 5.74) is 1.26. The number of rotatable bonds is 7. The molecule has 0 unspecified atom stereocenters. The van der Waals surface area contributed by atoms with Gasteiger partial charge in [0.25, 0.3) is 5.91 Å². The highest BCUT2D eigenvalue weighted by Gasteiger charge is 2.22. The van der Waals surface area contributed by atoms with Crippen LogP contribution in [0.25, 0.3) is 0 Å². The van der Waals surface area contributed by atoms with Gasteiger partial charge in [0, 0.05) is 38.9 Å². The van der Waals surface area contributed by atoms with Gasteiger partial charge < -0.3 is 9.64 Å². The first-order valence-corrected chi connectivity index (χ1v) is 9.82. The number of nitrogens with one attached hydrogen (secondary N) is 1. The molecule has 0 bridgehead atoms. The van der Waals surface area contributed by atoms with Gasteiger partial charge in [0.2, 0.25) is 10.0 Å². The number of piperidine rings is 1. The lowest BCUT2D eigenvalue weighted by Gasteiger charge is -2.27. The molecule has 2 rings (SSSR count). The molecule has 0 atom stereocenters. The van der Waals surface area contributed by atoms with E-state index in [0.29, 0.717) is 25.1 Å². The van der Waals surface area contributed by atoms with Crippen LogP contribution >= 0.6 is 0 Å².